The molecule has 246 valence electrons. The van der Waals surface area contributed by atoms with E-state index in [2.05, 4.69) is 51.9 Å². The molecular formula is C35H56N4O5. The van der Waals surface area contributed by atoms with Crippen molar-refractivity contribution in [2.75, 3.05) is 0 Å². The SMILES string of the molecule is CC(=O)O[C@H]1C[C@@]2(C)[C@@H](C[C@@H](O)[C@H]3[C@@]4(C)CC[C@@H](O)[C@](C)(n5cc(CN)nn5)[C@@H]4CC[C@@]32C)/C1=C(\CCCC(C)C)C(C)=O. The summed E-state index contributed by atoms with van der Waals surface area (Å²) in [5, 5.41) is 32.6. The van der Waals surface area contributed by atoms with Crippen molar-refractivity contribution < 1.29 is 24.5 Å². The van der Waals surface area contributed by atoms with Gasteiger partial charge in [0.25, 0.3) is 0 Å². The van der Waals surface area contributed by atoms with Crippen LogP contribution in [-0.4, -0.2) is 55.3 Å². The molecule has 0 spiro atoms. The van der Waals surface area contributed by atoms with E-state index in [9.17, 15) is 19.8 Å². The predicted molar refractivity (Wildman–Crippen MR) is 168 cm³/mol. The average Bonchev–Trinajstić information content (AvgIpc) is 3.52. The smallest absolute Gasteiger partial charge is 0.303 e. The number of ether oxygens (including phenoxy) is 1. The van der Waals surface area contributed by atoms with E-state index >= 15 is 0 Å². The molecule has 4 N–H and O–H groups in total. The summed E-state index contributed by atoms with van der Waals surface area (Å²) in [7, 11) is 0. The zero-order valence-corrected chi connectivity index (χ0v) is 28.2. The highest BCUT2D eigenvalue weighted by Crippen LogP contribution is 2.75. The van der Waals surface area contributed by atoms with E-state index in [1.54, 1.807) is 6.92 Å². The Morgan fingerprint density at radius 2 is 1.82 bits per heavy atom. The number of aromatic nitrogens is 3. The van der Waals surface area contributed by atoms with Gasteiger partial charge in [-0.25, -0.2) is 4.68 Å². The number of carbonyl (C=O) groups excluding carboxylic acids is 2. The van der Waals surface area contributed by atoms with Crippen LogP contribution in [0.25, 0.3) is 0 Å². The second kappa shape index (κ2) is 11.6. The molecule has 44 heavy (non-hydrogen) atoms. The number of nitrogens with two attached hydrogens (primary N) is 1. The van der Waals surface area contributed by atoms with Crippen LogP contribution in [0.3, 0.4) is 0 Å². The second-order valence-electron chi connectivity index (χ2n) is 16.0. The van der Waals surface area contributed by atoms with Crippen LogP contribution in [0.5, 0.6) is 0 Å². The van der Waals surface area contributed by atoms with Gasteiger partial charge in [0, 0.05) is 13.5 Å². The zero-order valence-electron chi connectivity index (χ0n) is 28.2. The molecule has 0 saturated heterocycles. The number of aliphatic hydroxyl groups is 2. The zero-order chi connectivity index (χ0) is 32.4. The van der Waals surface area contributed by atoms with Crippen molar-refractivity contribution in [2.45, 2.75) is 144 Å². The van der Waals surface area contributed by atoms with Crippen molar-refractivity contribution in [2.24, 2.45) is 45.7 Å². The third kappa shape index (κ3) is 4.91. The van der Waals surface area contributed by atoms with Crippen molar-refractivity contribution in [3.63, 3.8) is 0 Å². The maximum atomic E-state index is 13.3. The lowest BCUT2D eigenvalue weighted by molar-refractivity contribution is -0.249. The maximum Gasteiger partial charge on any atom is 0.303 e. The van der Waals surface area contributed by atoms with E-state index in [-0.39, 0.29) is 52.3 Å². The van der Waals surface area contributed by atoms with Gasteiger partial charge in [-0.15, -0.1) is 5.10 Å². The van der Waals surface area contributed by atoms with E-state index in [4.69, 9.17) is 10.5 Å². The third-order valence-corrected chi connectivity index (χ3v) is 13.3. The van der Waals surface area contributed by atoms with Gasteiger partial charge in [-0.1, -0.05) is 46.3 Å². The van der Waals surface area contributed by atoms with Crippen LogP contribution in [0.1, 0.15) is 119 Å². The normalized spacial score (nSPS) is 42.8. The molecule has 0 unspecified atom stereocenters. The lowest BCUT2D eigenvalue weighted by atomic mass is 9.35. The summed E-state index contributed by atoms with van der Waals surface area (Å²) in [4.78, 5) is 25.7. The Labute approximate surface area is 263 Å². The number of hydrogen-bond acceptors (Lipinski definition) is 8. The lowest BCUT2D eigenvalue weighted by Gasteiger charge is -2.70. The molecule has 0 aromatic carbocycles. The molecule has 0 aliphatic heterocycles. The van der Waals surface area contributed by atoms with Gasteiger partial charge in [0.2, 0.25) is 0 Å². The summed E-state index contributed by atoms with van der Waals surface area (Å²) in [5.74, 6) is 0.215. The van der Waals surface area contributed by atoms with Crippen LogP contribution in [-0.2, 0) is 26.4 Å². The number of ketones is 1. The highest BCUT2D eigenvalue weighted by molar-refractivity contribution is 5.94. The second-order valence-corrected chi connectivity index (χ2v) is 16.0. The Kier molecular flexibility index (Phi) is 8.78. The molecule has 4 fully saturated rings. The molecule has 1 heterocycles. The topological polar surface area (TPSA) is 141 Å². The van der Waals surface area contributed by atoms with Crippen LogP contribution >= 0.6 is 0 Å². The Bertz CT molecular complexity index is 1310. The van der Waals surface area contributed by atoms with E-state index in [0.29, 0.717) is 37.3 Å². The predicted octanol–water partition coefficient (Wildman–Crippen LogP) is 5.08. The van der Waals surface area contributed by atoms with E-state index < -0.39 is 23.9 Å². The van der Waals surface area contributed by atoms with E-state index in [1.165, 1.54) is 6.92 Å². The van der Waals surface area contributed by atoms with Gasteiger partial charge in [-0.3, -0.25) is 9.59 Å². The number of nitrogens with zero attached hydrogens (tertiary/aromatic N) is 3. The summed E-state index contributed by atoms with van der Waals surface area (Å²) in [6.07, 6.45) is 7.11. The number of rotatable bonds is 8. The number of carbonyl (C=O) groups is 2. The van der Waals surface area contributed by atoms with Crippen molar-refractivity contribution in [3.8, 4) is 0 Å². The minimum absolute atomic E-state index is 0.0432. The Balaban J connectivity index is 1.59. The van der Waals surface area contributed by atoms with Crippen LogP contribution in [0.4, 0.5) is 0 Å². The number of allylic oxidation sites excluding steroid dienone is 1. The van der Waals surface area contributed by atoms with Gasteiger partial charge >= 0.3 is 5.97 Å². The number of aliphatic hydroxyl groups excluding tert-OH is 2. The van der Waals surface area contributed by atoms with Crippen molar-refractivity contribution in [3.05, 3.63) is 23.0 Å². The van der Waals surface area contributed by atoms with E-state index in [1.807, 2.05) is 10.9 Å². The molecule has 9 nitrogen and oxygen atoms in total. The first-order valence-corrected chi connectivity index (χ1v) is 16.9. The lowest BCUT2D eigenvalue weighted by Crippen LogP contribution is -2.69. The first-order valence-electron chi connectivity index (χ1n) is 16.9. The van der Waals surface area contributed by atoms with E-state index in [0.717, 1.165) is 43.3 Å². The largest absolute Gasteiger partial charge is 0.458 e. The fourth-order valence-electron chi connectivity index (χ4n) is 11.1. The Morgan fingerprint density at radius 1 is 1.11 bits per heavy atom. The van der Waals surface area contributed by atoms with Crippen LogP contribution in [0, 0.1) is 39.9 Å². The average molecular weight is 613 g/mol. The van der Waals surface area contributed by atoms with Crippen molar-refractivity contribution in [1.29, 1.82) is 0 Å². The van der Waals surface area contributed by atoms with Crippen molar-refractivity contribution in [1.82, 2.24) is 15.0 Å². The standard InChI is InChI=1S/C35H56N4O5/c1-20(2)10-9-11-24(21(3)40)30-25-16-26(42)31-32(5)14-13-29(43)35(8,39-19-23(18-36)37-38-39)28(32)12-15-33(31,6)34(25,7)17-27(30)44-22(4)41/h19-20,25-29,31,42-43H,9-18,36H2,1-8H3/b30-24-/t25-,26+,27-,28+,29+,31-,32-,33-,34-,35+/m0/s1. The molecular weight excluding hydrogens is 556 g/mol. The van der Waals surface area contributed by atoms with Crippen molar-refractivity contribution >= 4 is 11.8 Å². The van der Waals surface area contributed by atoms with Gasteiger partial charge in [-0.05, 0) is 116 Å². The first kappa shape index (κ1) is 33.3. The van der Waals surface area contributed by atoms with Gasteiger partial charge in [0.05, 0.1) is 29.6 Å². The monoisotopic (exact) mass is 612 g/mol. The third-order valence-electron chi connectivity index (χ3n) is 13.3. The summed E-state index contributed by atoms with van der Waals surface area (Å²) < 4.78 is 7.90. The summed E-state index contributed by atoms with van der Waals surface area (Å²) >= 11 is 0. The molecule has 1 aromatic rings. The summed E-state index contributed by atoms with van der Waals surface area (Å²) in [6.45, 7) is 16.9. The number of hydrogen-bond donors (Lipinski definition) is 3. The van der Waals surface area contributed by atoms with Gasteiger partial charge in [-0.2, -0.15) is 0 Å². The highest BCUT2D eigenvalue weighted by atomic mass is 16.5. The quantitative estimate of drug-likeness (QED) is 0.273. The molecule has 0 amide bonds. The Morgan fingerprint density at radius 3 is 2.41 bits per heavy atom. The maximum absolute atomic E-state index is 13.3. The summed E-state index contributed by atoms with van der Waals surface area (Å²) in [5.41, 5.74) is 6.79. The fourth-order valence-corrected chi connectivity index (χ4v) is 11.1. The molecule has 5 rings (SSSR count). The van der Waals surface area contributed by atoms with Crippen LogP contribution < -0.4 is 5.73 Å². The van der Waals surface area contributed by atoms with Crippen LogP contribution in [0.2, 0.25) is 0 Å². The van der Waals surface area contributed by atoms with Gasteiger partial charge < -0.3 is 20.7 Å². The molecule has 4 saturated carbocycles. The minimum Gasteiger partial charge on any atom is -0.458 e. The molecule has 0 radical (unpaired) electrons. The number of fused-ring (bicyclic) bond motifs is 5. The highest BCUT2D eigenvalue weighted by Gasteiger charge is 2.72. The Hall–Kier alpha value is -2.10. The first-order chi connectivity index (χ1) is 20.5. The van der Waals surface area contributed by atoms with Gasteiger partial charge in [0.15, 0.2) is 5.78 Å². The fraction of sp³-hybridized carbons (Fsp3) is 0.829. The molecule has 1 aromatic heterocycles. The molecule has 4 aliphatic rings. The molecule has 10 atom stereocenters. The summed E-state index contributed by atoms with van der Waals surface area (Å²) in [6, 6.07) is 0. The number of esters is 1. The van der Waals surface area contributed by atoms with Gasteiger partial charge in [0.1, 0.15) is 6.10 Å². The molecule has 9 heteroatoms. The number of Topliss-reactive ketones (excluding diaryl/α,β-unsaturated/α-hetero) is 1. The minimum atomic E-state index is -0.689. The molecule has 0 bridgehead atoms. The van der Waals surface area contributed by atoms with Crippen LogP contribution in [0.15, 0.2) is 17.3 Å². The molecule has 4 aliphatic carbocycles.